The molecule has 2 aliphatic rings. The van der Waals surface area contributed by atoms with Gasteiger partial charge in [0.1, 0.15) is 0 Å². The summed E-state index contributed by atoms with van der Waals surface area (Å²) in [7, 11) is -1.20. The maximum absolute atomic E-state index is 12.1. The fourth-order valence-corrected chi connectivity index (χ4v) is 4.25. The van der Waals surface area contributed by atoms with Gasteiger partial charge in [0.15, 0.2) is 9.84 Å². The maximum atomic E-state index is 12.1. The quantitative estimate of drug-likeness (QED) is 0.768. The SMILES string of the molecule is CN(CC1CCCOC1)C(=O)CC1CS(=O)(=O)CCN1. The third-order valence-electron chi connectivity index (χ3n) is 3.93. The topological polar surface area (TPSA) is 75.7 Å². The van der Waals surface area contributed by atoms with Crippen LogP contribution >= 0.6 is 0 Å². The molecule has 0 bridgehead atoms. The molecule has 2 unspecified atom stereocenters. The fourth-order valence-electron chi connectivity index (χ4n) is 2.81. The van der Waals surface area contributed by atoms with Crippen LogP contribution in [-0.4, -0.2) is 70.1 Å². The van der Waals surface area contributed by atoms with Gasteiger partial charge >= 0.3 is 0 Å². The van der Waals surface area contributed by atoms with Gasteiger partial charge in [0, 0.05) is 39.2 Å². The van der Waals surface area contributed by atoms with Crippen molar-refractivity contribution in [1.82, 2.24) is 10.2 Å². The first-order valence-corrected chi connectivity index (χ1v) is 9.04. The first-order chi connectivity index (χ1) is 9.46. The lowest BCUT2D eigenvalue weighted by Gasteiger charge is -2.29. The molecule has 0 radical (unpaired) electrons. The summed E-state index contributed by atoms with van der Waals surface area (Å²) in [4.78, 5) is 13.9. The summed E-state index contributed by atoms with van der Waals surface area (Å²) in [5.74, 6) is 0.650. The van der Waals surface area contributed by atoms with Gasteiger partial charge in [-0.25, -0.2) is 8.42 Å². The van der Waals surface area contributed by atoms with Gasteiger partial charge in [-0.15, -0.1) is 0 Å². The molecule has 1 amide bonds. The van der Waals surface area contributed by atoms with Crippen LogP contribution in [0.25, 0.3) is 0 Å². The van der Waals surface area contributed by atoms with Crippen molar-refractivity contribution < 1.29 is 17.9 Å². The number of rotatable bonds is 4. The van der Waals surface area contributed by atoms with Crippen LogP contribution in [-0.2, 0) is 19.4 Å². The van der Waals surface area contributed by atoms with Gasteiger partial charge in [-0.1, -0.05) is 0 Å². The summed E-state index contributed by atoms with van der Waals surface area (Å²) in [6.07, 6.45) is 2.39. The molecule has 0 spiro atoms. The van der Waals surface area contributed by atoms with E-state index >= 15 is 0 Å². The Morgan fingerprint density at radius 3 is 2.90 bits per heavy atom. The predicted octanol–water partition coefficient (Wildman–Crippen LogP) is -0.352. The second-order valence-corrected chi connectivity index (χ2v) is 8.06. The number of hydrogen-bond donors (Lipinski definition) is 1. The Bertz CT molecular complexity index is 432. The highest BCUT2D eigenvalue weighted by Gasteiger charge is 2.27. The standard InChI is InChI=1S/C13H24N2O4S/c1-15(8-11-3-2-5-19-9-11)13(16)7-12-10-20(17,18)6-4-14-12/h11-12,14H,2-10H2,1H3. The van der Waals surface area contributed by atoms with Crippen molar-refractivity contribution in [3.63, 3.8) is 0 Å². The second kappa shape index (κ2) is 6.87. The van der Waals surface area contributed by atoms with Crippen LogP contribution in [0, 0.1) is 5.92 Å². The summed E-state index contributed by atoms with van der Waals surface area (Å²) in [5.41, 5.74) is 0. The minimum absolute atomic E-state index is 0.00479. The molecule has 20 heavy (non-hydrogen) atoms. The molecule has 0 aromatic rings. The number of hydrogen-bond acceptors (Lipinski definition) is 5. The zero-order valence-corrected chi connectivity index (χ0v) is 12.8. The summed E-state index contributed by atoms with van der Waals surface area (Å²) in [6, 6.07) is -0.244. The van der Waals surface area contributed by atoms with Crippen LogP contribution in [0.15, 0.2) is 0 Å². The van der Waals surface area contributed by atoms with Crippen molar-refractivity contribution in [2.24, 2.45) is 5.92 Å². The molecule has 1 N–H and O–H groups in total. The Kier molecular flexibility index (Phi) is 5.40. The lowest BCUT2D eigenvalue weighted by molar-refractivity contribution is -0.131. The molecule has 0 saturated carbocycles. The van der Waals surface area contributed by atoms with Crippen LogP contribution < -0.4 is 5.32 Å². The van der Waals surface area contributed by atoms with E-state index in [-0.39, 0.29) is 29.9 Å². The maximum Gasteiger partial charge on any atom is 0.223 e. The smallest absolute Gasteiger partial charge is 0.223 e. The lowest BCUT2D eigenvalue weighted by atomic mass is 10.0. The van der Waals surface area contributed by atoms with Crippen molar-refractivity contribution in [3.8, 4) is 0 Å². The largest absolute Gasteiger partial charge is 0.381 e. The molecular formula is C13H24N2O4S. The van der Waals surface area contributed by atoms with E-state index in [0.717, 1.165) is 19.4 Å². The van der Waals surface area contributed by atoms with E-state index in [2.05, 4.69) is 5.32 Å². The molecule has 2 saturated heterocycles. The Labute approximate surface area is 120 Å². The molecule has 0 aromatic heterocycles. The first kappa shape index (κ1) is 15.7. The number of ether oxygens (including phenoxy) is 1. The summed E-state index contributed by atoms with van der Waals surface area (Å²) >= 11 is 0. The molecule has 2 rings (SSSR count). The number of amides is 1. The highest BCUT2D eigenvalue weighted by atomic mass is 32.2. The van der Waals surface area contributed by atoms with Crippen LogP contribution in [0.4, 0.5) is 0 Å². The molecule has 2 fully saturated rings. The van der Waals surface area contributed by atoms with Crippen molar-refractivity contribution in [2.45, 2.75) is 25.3 Å². The minimum atomic E-state index is -2.98. The third-order valence-corrected chi connectivity index (χ3v) is 5.67. The number of nitrogens with zero attached hydrogens (tertiary/aromatic N) is 1. The Morgan fingerprint density at radius 2 is 2.25 bits per heavy atom. The zero-order chi connectivity index (χ0) is 14.6. The number of nitrogens with one attached hydrogen (secondary N) is 1. The molecule has 6 nitrogen and oxygen atoms in total. The third kappa shape index (κ3) is 4.71. The van der Waals surface area contributed by atoms with E-state index in [0.29, 0.717) is 25.6 Å². The number of sulfone groups is 1. The van der Waals surface area contributed by atoms with E-state index in [4.69, 9.17) is 4.74 Å². The van der Waals surface area contributed by atoms with Gasteiger partial charge in [0.25, 0.3) is 0 Å². The van der Waals surface area contributed by atoms with Crippen LogP contribution in [0.3, 0.4) is 0 Å². The van der Waals surface area contributed by atoms with E-state index in [1.807, 2.05) is 0 Å². The van der Waals surface area contributed by atoms with Gasteiger partial charge in [-0.2, -0.15) is 0 Å². The monoisotopic (exact) mass is 304 g/mol. The lowest BCUT2D eigenvalue weighted by Crippen LogP contribution is -2.48. The van der Waals surface area contributed by atoms with Crippen LogP contribution in [0.2, 0.25) is 0 Å². The van der Waals surface area contributed by atoms with Gasteiger partial charge in [-0.3, -0.25) is 4.79 Å². The van der Waals surface area contributed by atoms with E-state index in [1.165, 1.54) is 0 Å². The zero-order valence-electron chi connectivity index (χ0n) is 12.0. The molecule has 2 aliphatic heterocycles. The van der Waals surface area contributed by atoms with Crippen molar-refractivity contribution in [1.29, 1.82) is 0 Å². The molecular weight excluding hydrogens is 280 g/mol. The number of carbonyl (C=O) groups excluding carboxylic acids is 1. The summed E-state index contributed by atoms with van der Waals surface area (Å²) in [5, 5.41) is 3.11. The molecule has 7 heteroatoms. The Hall–Kier alpha value is -0.660. The molecule has 2 atom stereocenters. The minimum Gasteiger partial charge on any atom is -0.381 e. The van der Waals surface area contributed by atoms with Gasteiger partial charge in [0.05, 0.1) is 18.1 Å². The van der Waals surface area contributed by atoms with Crippen molar-refractivity contribution >= 4 is 15.7 Å². The first-order valence-electron chi connectivity index (χ1n) is 7.22. The van der Waals surface area contributed by atoms with E-state index in [9.17, 15) is 13.2 Å². The van der Waals surface area contributed by atoms with Crippen molar-refractivity contribution in [2.75, 3.05) is 44.9 Å². The van der Waals surface area contributed by atoms with Crippen molar-refractivity contribution in [3.05, 3.63) is 0 Å². The summed E-state index contributed by atoms with van der Waals surface area (Å²) < 4.78 is 28.5. The Morgan fingerprint density at radius 1 is 1.45 bits per heavy atom. The van der Waals surface area contributed by atoms with Gasteiger partial charge in [0.2, 0.25) is 5.91 Å². The number of carbonyl (C=O) groups is 1. The van der Waals surface area contributed by atoms with E-state index < -0.39 is 9.84 Å². The molecule has 0 aromatic carbocycles. The predicted molar refractivity (Wildman–Crippen MR) is 76.2 cm³/mol. The average Bonchev–Trinajstić information content (AvgIpc) is 2.38. The highest BCUT2D eigenvalue weighted by molar-refractivity contribution is 7.91. The molecule has 2 heterocycles. The van der Waals surface area contributed by atoms with Gasteiger partial charge in [-0.05, 0) is 18.8 Å². The molecule has 116 valence electrons. The normalized spacial score (nSPS) is 29.9. The van der Waals surface area contributed by atoms with Gasteiger partial charge < -0.3 is 15.0 Å². The molecule has 0 aliphatic carbocycles. The van der Waals surface area contributed by atoms with E-state index in [1.54, 1.807) is 11.9 Å². The fraction of sp³-hybridized carbons (Fsp3) is 0.923. The second-order valence-electron chi connectivity index (χ2n) is 5.83. The average molecular weight is 304 g/mol. The Balaban J connectivity index is 1.78. The van der Waals surface area contributed by atoms with Crippen LogP contribution in [0.5, 0.6) is 0 Å². The van der Waals surface area contributed by atoms with Crippen LogP contribution in [0.1, 0.15) is 19.3 Å². The summed E-state index contributed by atoms with van der Waals surface area (Å²) in [6.45, 7) is 2.67. The highest BCUT2D eigenvalue weighted by Crippen LogP contribution is 2.15.